The highest BCUT2D eigenvalue weighted by Gasteiger charge is 2.33. The molecule has 1 aliphatic carbocycles. The standard InChI is InChI=1S/C18H26N6O/c1-11-17(12(2)24(3)23-11)18-13(6-7-25-18)9-19-15-8-16(21-10-20-15)22-14-4-5-14/h8,10,13-14,18H,4-7,9H2,1-3H3,(H2,19,20,21,22)/t13-,18+/m1/s1. The number of nitrogens with one attached hydrogen (secondary N) is 2. The van der Waals surface area contributed by atoms with Crippen molar-refractivity contribution in [3.63, 3.8) is 0 Å². The smallest absolute Gasteiger partial charge is 0.131 e. The highest BCUT2D eigenvalue weighted by Crippen LogP contribution is 2.37. The lowest BCUT2D eigenvalue weighted by atomic mass is 9.94. The maximum atomic E-state index is 6.06. The molecule has 7 heteroatoms. The fourth-order valence-corrected chi connectivity index (χ4v) is 3.57. The van der Waals surface area contributed by atoms with E-state index in [1.807, 2.05) is 17.8 Å². The first-order valence-electron chi connectivity index (χ1n) is 9.06. The lowest BCUT2D eigenvalue weighted by Gasteiger charge is -2.20. The quantitative estimate of drug-likeness (QED) is 0.840. The van der Waals surface area contributed by atoms with E-state index in [0.29, 0.717) is 12.0 Å². The Balaban J connectivity index is 1.43. The van der Waals surface area contributed by atoms with Gasteiger partial charge < -0.3 is 15.4 Å². The van der Waals surface area contributed by atoms with Crippen LogP contribution in [0, 0.1) is 19.8 Å². The second-order valence-corrected chi connectivity index (χ2v) is 7.14. The summed E-state index contributed by atoms with van der Waals surface area (Å²) in [5.41, 5.74) is 3.49. The van der Waals surface area contributed by atoms with Crippen LogP contribution in [0.4, 0.5) is 11.6 Å². The monoisotopic (exact) mass is 342 g/mol. The van der Waals surface area contributed by atoms with E-state index in [0.717, 1.165) is 36.9 Å². The molecule has 0 amide bonds. The summed E-state index contributed by atoms with van der Waals surface area (Å²) < 4.78 is 8.00. The van der Waals surface area contributed by atoms with E-state index in [1.165, 1.54) is 24.1 Å². The number of anilines is 2. The zero-order valence-electron chi connectivity index (χ0n) is 15.1. The molecule has 1 saturated carbocycles. The topological polar surface area (TPSA) is 76.9 Å². The summed E-state index contributed by atoms with van der Waals surface area (Å²) in [5, 5.41) is 11.4. The van der Waals surface area contributed by atoms with Gasteiger partial charge in [0.2, 0.25) is 0 Å². The van der Waals surface area contributed by atoms with Gasteiger partial charge in [0.1, 0.15) is 18.0 Å². The van der Waals surface area contributed by atoms with E-state index in [1.54, 1.807) is 6.33 Å². The molecule has 1 aliphatic heterocycles. The molecular weight excluding hydrogens is 316 g/mol. The van der Waals surface area contributed by atoms with Gasteiger partial charge in [-0.05, 0) is 33.1 Å². The molecule has 1 saturated heterocycles. The van der Waals surface area contributed by atoms with E-state index in [9.17, 15) is 0 Å². The SMILES string of the molecule is Cc1nn(C)c(C)c1[C@H]1OCC[C@@H]1CNc1cc(NC2CC2)ncn1. The lowest BCUT2D eigenvalue weighted by Crippen LogP contribution is -2.19. The first-order valence-corrected chi connectivity index (χ1v) is 9.06. The Morgan fingerprint density at radius 1 is 1.20 bits per heavy atom. The molecule has 0 spiro atoms. The second-order valence-electron chi connectivity index (χ2n) is 7.14. The molecule has 4 rings (SSSR count). The van der Waals surface area contributed by atoms with Gasteiger partial charge in [-0.15, -0.1) is 0 Å². The van der Waals surface area contributed by atoms with Crippen LogP contribution in [0.3, 0.4) is 0 Å². The molecule has 2 aromatic rings. The van der Waals surface area contributed by atoms with Gasteiger partial charge in [-0.25, -0.2) is 9.97 Å². The molecule has 2 fully saturated rings. The Labute approximate surface area is 148 Å². The number of hydrogen-bond acceptors (Lipinski definition) is 6. The van der Waals surface area contributed by atoms with Crippen LogP contribution in [-0.2, 0) is 11.8 Å². The fourth-order valence-electron chi connectivity index (χ4n) is 3.57. The van der Waals surface area contributed by atoms with Crippen LogP contribution in [0.15, 0.2) is 12.4 Å². The Morgan fingerprint density at radius 3 is 2.72 bits per heavy atom. The van der Waals surface area contributed by atoms with Crippen LogP contribution in [0.2, 0.25) is 0 Å². The van der Waals surface area contributed by atoms with Gasteiger partial charge in [-0.1, -0.05) is 0 Å². The Bertz CT molecular complexity index is 754. The Morgan fingerprint density at radius 2 is 2.00 bits per heavy atom. The molecule has 2 aliphatic rings. The van der Waals surface area contributed by atoms with Gasteiger partial charge in [-0.2, -0.15) is 5.10 Å². The molecule has 0 radical (unpaired) electrons. The average molecular weight is 342 g/mol. The van der Waals surface area contributed by atoms with Crippen LogP contribution < -0.4 is 10.6 Å². The van der Waals surface area contributed by atoms with Gasteiger partial charge in [-0.3, -0.25) is 4.68 Å². The minimum Gasteiger partial charge on any atom is -0.373 e. The van der Waals surface area contributed by atoms with Crippen LogP contribution in [0.25, 0.3) is 0 Å². The first-order chi connectivity index (χ1) is 12.1. The van der Waals surface area contributed by atoms with Gasteiger partial charge in [0.05, 0.1) is 11.8 Å². The third-order valence-corrected chi connectivity index (χ3v) is 5.21. The van der Waals surface area contributed by atoms with Gasteiger partial charge in [0, 0.05) is 49.5 Å². The minimum absolute atomic E-state index is 0.104. The van der Waals surface area contributed by atoms with E-state index in [2.05, 4.69) is 39.5 Å². The maximum Gasteiger partial charge on any atom is 0.131 e. The maximum absolute atomic E-state index is 6.06. The number of nitrogens with zero attached hydrogens (tertiary/aromatic N) is 4. The van der Waals surface area contributed by atoms with E-state index in [-0.39, 0.29) is 6.10 Å². The van der Waals surface area contributed by atoms with Crippen molar-refractivity contribution in [2.24, 2.45) is 13.0 Å². The third kappa shape index (κ3) is 3.46. The molecule has 0 bridgehead atoms. The summed E-state index contributed by atoms with van der Waals surface area (Å²) in [6.07, 6.45) is 5.23. The first kappa shape index (κ1) is 16.3. The van der Waals surface area contributed by atoms with Crippen molar-refractivity contribution in [3.05, 3.63) is 29.3 Å². The zero-order chi connectivity index (χ0) is 17.4. The van der Waals surface area contributed by atoms with Crippen molar-refractivity contribution in [2.75, 3.05) is 23.8 Å². The molecule has 25 heavy (non-hydrogen) atoms. The van der Waals surface area contributed by atoms with Gasteiger partial charge in [0.15, 0.2) is 0 Å². The molecule has 2 N–H and O–H groups in total. The highest BCUT2D eigenvalue weighted by atomic mass is 16.5. The molecule has 7 nitrogen and oxygen atoms in total. The van der Waals surface area contributed by atoms with E-state index < -0.39 is 0 Å². The summed E-state index contributed by atoms with van der Waals surface area (Å²) in [7, 11) is 1.99. The van der Waals surface area contributed by atoms with Gasteiger partial charge >= 0.3 is 0 Å². The number of rotatable bonds is 6. The molecule has 134 valence electrons. The van der Waals surface area contributed by atoms with Crippen LogP contribution in [-0.4, -0.2) is 38.9 Å². The van der Waals surface area contributed by atoms with Crippen molar-refractivity contribution in [1.82, 2.24) is 19.7 Å². The van der Waals surface area contributed by atoms with Crippen molar-refractivity contribution in [2.45, 2.75) is 45.3 Å². The molecule has 0 aromatic carbocycles. The zero-order valence-corrected chi connectivity index (χ0v) is 15.1. The number of hydrogen-bond donors (Lipinski definition) is 2. The molecular formula is C18H26N6O. The van der Waals surface area contributed by atoms with E-state index in [4.69, 9.17) is 4.74 Å². The number of ether oxygens (including phenoxy) is 1. The summed E-state index contributed by atoms with van der Waals surface area (Å²) in [5.74, 6) is 2.18. The van der Waals surface area contributed by atoms with Gasteiger partial charge in [0.25, 0.3) is 0 Å². The average Bonchev–Trinajstić information content (AvgIpc) is 3.22. The van der Waals surface area contributed by atoms with Crippen LogP contribution >= 0.6 is 0 Å². The van der Waals surface area contributed by atoms with Crippen molar-refractivity contribution in [3.8, 4) is 0 Å². The fraction of sp³-hybridized carbons (Fsp3) is 0.611. The summed E-state index contributed by atoms with van der Waals surface area (Å²) in [4.78, 5) is 8.64. The number of aryl methyl sites for hydroxylation is 2. The minimum atomic E-state index is 0.104. The number of aromatic nitrogens is 4. The summed E-state index contributed by atoms with van der Waals surface area (Å²) in [6.45, 7) is 5.80. The molecule has 2 atom stereocenters. The van der Waals surface area contributed by atoms with Crippen molar-refractivity contribution in [1.29, 1.82) is 0 Å². The van der Waals surface area contributed by atoms with Crippen molar-refractivity contribution >= 4 is 11.6 Å². The highest BCUT2D eigenvalue weighted by molar-refractivity contribution is 5.47. The van der Waals surface area contributed by atoms with Crippen LogP contribution in [0.5, 0.6) is 0 Å². The summed E-state index contributed by atoms with van der Waals surface area (Å²) >= 11 is 0. The predicted octanol–water partition coefficient (Wildman–Crippen LogP) is 2.59. The normalized spacial score (nSPS) is 23.0. The molecule has 2 aromatic heterocycles. The van der Waals surface area contributed by atoms with Crippen LogP contribution in [0.1, 0.15) is 42.3 Å². The lowest BCUT2D eigenvalue weighted by molar-refractivity contribution is 0.0922. The largest absolute Gasteiger partial charge is 0.373 e. The molecule has 3 heterocycles. The predicted molar refractivity (Wildman–Crippen MR) is 96.6 cm³/mol. The van der Waals surface area contributed by atoms with E-state index >= 15 is 0 Å². The Hall–Kier alpha value is -2.15. The second kappa shape index (κ2) is 6.63. The Kier molecular flexibility index (Phi) is 4.33. The molecule has 0 unspecified atom stereocenters. The van der Waals surface area contributed by atoms with Crippen molar-refractivity contribution < 1.29 is 4.74 Å². The summed E-state index contributed by atoms with van der Waals surface area (Å²) in [6, 6.07) is 2.58. The third-order valence-electron chi connectivity index (χ3n) is 5.21.